The summed E-state index contributed by atoms with van der Waals surface area (Å²) in [6, 6.07) is 0. The smallest absolute Gasteiger partial charge is 0.410 e. The van der Waals surface area contributed by atoms with Crippen molar-refractivity contribution in [2.75, 3.05) is 14.2 Å². The summed E-state index contributed by atoms with van der Waals surface area (Å²) in [5, 5.41) is 0. The van der Waals surface area contributed by atoms with E-state index in [2.05, 4.69) is 6.08 Å². The number of hydrogen-bond acceptors (Lipinski definition) is 2. The Hall–Kier alpha value is -0.275. The Bertz CT molecular complexity index is 176. The molecule has 0 saturated heterocycles. The van der Waals surface area contributed by atoms with E-state index in [1.807, 2.05) is 0 Å². The molecule has 0 amide bonds. The Kier molecular flexibility index (Phi) is 5.96. The van der Waals surface area contributed by atoms with Crippen molar-refractivity contribution in [2.24, 2.45) is 0 Å². The second-order valence-corrected chi connectivity index (χ2v) is 3.89. The number of rotatable bonds is 3. The molecule has 2 nitrogen and oxygen atoms in total. The van der Waals surface area contributed by atoms with Gasteiger partial charge in [0.1, 0.15) is 0 Å². The van der Waals surface area contributed by atoms with E-state index in [4.69, 9.17) is 9.31 Å². The van der Waals surface area contributed by atoms with Gasteiger partial charge in [0.25, 0.3) is 0 Å². The van der Waals surface area contributed by atoms with Gasteiger partial charge in [-0.15, -0.1) is 0 Å². The Morgan fingerprint density at radius 3 is 2.36 bits per heavy atom. The monoisotopic (exact) mass is 196 g/mol. The molecule has 0 bridgehead atoms. The Morgan fingerprint density at radius 1 is 1.00 bits per heavy atom. The van der Waals surface area contributed by atoms with Crippen molar-refractivity contribution in [1.29, 1.82) is 0 Å². The van der Waals surface area contributed by atoms with E-state index in [1.165, 1.54) is 44.0 Å². The zero-order chi connectivity index (χ0) is 10.2. The third-order valence-electron chi connectivity index (χ3n) is 2.81. The van der Waals surface area contributed by atoms with E-state index >= 15 is 0 Å². The van der Waals surface area contributed by atoms with Gasteiger partial charge in [-0.3, -0.25) is 0 Å². The van der Waals surface area contributed by atoms with Gasteiger partial charge in [0.15, 0.2) is 0 Å². The highest BCUT2D eigenvalue weighted by atomic mass is 16.6. The third kappa shape index (κ3) is 3.85. The molecule has 1 aliphatic carbocycles. The summed E-state index contributed by atoms with van der Waals surface area (Å²) in [5.74, 6) is 0. The van der Waals surface area contributed by atoms with Crippen LogP contribution in [0.1, 0.15) is 44.9 Å². The van der Waals surface area contributed by atoms with Crippen molar-refractivity contribution < 1.29 is 9.31 Å². The summed E-state index contributed by atoms with van der Waals surface area (Å²) in [5.41, 5.74) is 1.33. The highest BCUT2D eigenvalue weighted by molar-refractivity contribution is 6.53. The first-order valence-electron chi connectivity index (χ1n) is 5.63. The van der Waals surface area contributed by atoms with E-state index in [1.54, 1.807) is 14.2 Å². The molecule has 1 aliphatic rings. The predicted molar refractivity (Wildman–Crippen MR) is 60.2 cm³/mol. The van der Waals surface area contributed by atoms with Gasteiger partial charge in [0.05, 0.1) is 0 Å². The lowest BCUT2D eigenvalue weighted by molar-refractivity contribution is 0.285. The normalized spacial score (nSPS) is 22.9. The van der Waals surface area contributed by atoms with Crippen LogP contribution in [0.5, 0.6) is 0 Å². The molecule has 0 radical (unpaired) electrons. The van der Waals surface area contributed by atoms with Crippen molar-refractivity contribution in [3.63, 3.8) is 0 Å². The zero-order valence-electron chi connectivity index (χ0n) is 9.42. The summed E-state index contributed by atoms with van der Waals surface area (Å²) in [4.78, 5) is 0. The van der Waals surface area contributed by atoms with Crippen LogP contribution in [-0.4, -0.2) is 21.3 Å². The van der Waals surface area contributed by atoms with Crippen molar-refractivity contribution in [3.8, 4) is 0 Å². The Balaban J connectivity index is 2.51. The van der Waals surface area contributed by atoms with Crippen LogP contribution >= 0.6 is 0 Å². The number of allylic oxidation sites excluding steroid dienone is 2. The zero-order valence-corrected chi connectivity index (χ0v) is 9.42. The molecular formula is C11H21BO2. The van der Waals surface area contributed by atoms with Crippen molar-refractivity contribution in [1.82, 2.24) is 0 Å². The lowest BCUT2D eigenvalue weighted by Crippen LogP contribution is -2.22. The Morgan fingerprint density at radius 2 is 1.64 bits per heavy atom. The van der Waals surface area contributed by atoms with Gasteiger partial charge in [-0.1, -0.05) is 31.8 Å². The van der Waals surface area contributed by atoms with Crippen molar-refractivity contribution in [2.45, 2.75) is 44.9 Å². The van der Waals surface area contributed by atoms with Gasteiger partial charge < -0.3 is 9.31 Å². The molecule has 3 heteroatoms. The summed E-state index contributed by atoms with van der Waals surface area (Å²) in [6.07, 6.45) is 11.3. The van der Waals surface area contributed by atoms with Gasteiger partial charge in [-0.25, -0.2) is 0 Å². The first kappa shape index (κ1) is 11.8. The molecule has 0 aromatic carbocycles. The van der Waals surface area contributed by atoms with Crippen molar-refractivity contribution in [3.05, 3.63) is 11.5 Å². The summed E-state index contributed by atoms with van der Waals surface area (Å²) in [6.45, 7) is 0. The van der Waals surface area contributed by atoms with Gasteiger partial charge in [-0.05, 0) is 24.7 Å². The molecule has 0 aliphatic heterocycles. The van der Waals surface area contributed by atoms with Gasteiger partial charge in [-0.2, -0.15) is 0 Å². The van der Waals surface area contributed by atoms with Crippen LogP contribution in [0.2, 0.25) is 0 Å². The molecule has 0 heterocycles. The first-order chi connectivity index (χ1) is 6.88. The van der Waals surface area contributed by atoms with Gasteiger partial charge in [0, 0.05) is 14.2 Å². The Labute approximate surface area is 87.8 Å². The third-order valence-corrected chi connectivity index (χ3v) is 2.81. The van der Waals surface area contributed by atoms with E-state index in [0.717, 1.165) is 6.42 Å². The number of hydrogen-bond donors (Lipinski definition) is 0. The van der Waals surface area contributed by atoms with Crippen LogP contribution in [0.15, 0.2) is 11.5 Å². The van der Waals surface area contributed by atoms with Crippen LogP contribution in [0.25, 0.3) is 0 Å². The molecule has 0 saturated carbocycles. The van der Waals surface area contributed by atoms with Crippen LogP contribution < -0.4 is 0 Å². The quantitative estimate of drug-likeness (QED) is 0.646. The molecule has 1 rings (SSSR count). The van der Waals surface area contributed by atoms with E-state index in [0.29, 0.717) is 0 Å². The average molecular weight is 196 g/mol. The molecule has 0 aromatic heterocycles. The first-order valence-corrected chi connectivity index (χ1v) is 5.63. The molecule has 0 fully saturated rings. The highest BCUT2D eigenvalue weighted by Crippen LogP contribution is 2.19. The fourth-order valence-corrected chi connectivity index (χ4v) is 2.01. The lowest BCUT2D eigenvalue weighted by Gasteiger charge is -2.12. The summed E-state index contributed by atoms with van der Waals surface area (Å²) in [7, 11) is 3.30. The molecule has 80 valence electrons. The van der Waals surface area contributed by atoms with Crippen LogP contribution in [0, 0.1) is 0 Å². The molecule has 0 atom stereocenters. The van der Waals surface area contributed by atoms with Crippen LogP contribution in [-0.2, 0) is 9.31 Å². The highest BCUT2D eigenvalue weighted by Gasteiger charge is 2.20. The van der Waals surface area contributed by atoms with Gasteiger partial charge in [0.2, 0.25) is 0 Å². The minimum atomic E-state index is -0.118. The summed E-state index contributed by atoms with van der Waals surface area (Å²) < 4.78 is 10.6. The summed E-state index contributed by atoms with van der Waals surface area (Å²) >= 11 is 0. The minimum Gasteiger partial charge on any atom is -0.410 e. The van der Waals surface area contributed by atoms with Crippen molar-refractivity contribution >= 4 is 7.12 Å². The standard InChI is InChI=1S/C11H21BO2/c1-13-12(14-2)11-9-7-5-3-4-6-8-10-11/h9H,3-8,10H2,1-2H3/b11-9+. The maximum atomic E-state index is 5.29. The second kappa shape index (κ2) is 7.07. The largest absolute Gasteiger partial charge is 0.488 e. The average Bonchev–Trinajstić information content (AvgIpc) is 2.34. The van der Waals surface area contributed by atoms with Crippen LogP contribution in [0.4, 0.5) is 0 Å². The van der Waals surface area contributed by atoms with E-state index in [9.17, 15) is 0 Å². The topological polar surface area (TPSA) is 18.5 Å². The van der Waals surface area contributed by atoms with Crippen LogP contribution in [0.3, 0.4) is 0 Å². The second-order valence-electron chi connectivity index (χ2n) is 3.89. The molecule has 0 unspecified atom stereocenters. The van der Waals surface area contributed by atoms with E-state index in [-0.39, 0.29) is 7.12 Å². The molecule has 0 spiro atoms. The lowest BCUT2D eigenvalue weighted by atomic mass is 9.75. The minimum absolute atomic E-state index is 0.118. The molecule has 14 heavy (non-hydrogen) atoms. The molecule has 0 aromatic rings. The maximum absolute atomic E-state index is 5.29. The fourth-order valence-electron chi connectivity index (χ4n) is 2.01. The molecular weight excluding hydrogens is 175 g/mol. The molecule has 0 N–H and O–H groups in total. The van der Waals surface area contributed by atoms with E-state index < -0.39 is 0 Å². The van der Waals surface area contributed by atoms with Gasteiger partial charge >= 0.3 is 7.12 Å². The maximum Gasteiger partial charge on any atom is 0.488 e. The fraction of sp³-hybridized carbons (Fsp3) is 0.818. The predicted octanol–water partition coefficient (Wildman–Crippen LogP) is 2.98. The SMILES string of the molecule is COB(OC)/C1=C/CCCCCCC1.